The highest BCUT2D eigenvalue weighted by Gasteiger charge is 2.34. The summed E-state index contributed by atoms with van der Waals surface area (Å²) in [5, 5.41) is 53.5. The summed E-state index contributed by atoms with van der Waals surface area (Å²) in [6.45, 7) is -0.873. The fraction of sp³-hybridized carbons (Fsp3) is 0.417. The van der Waals surface area contributed by atoms with Gasteiger partial charge in [0, 0.05) is 5.69 Å². The molecule has 1 rings (SSSR count). The number of rotatable bonds is 7. The maximum absolute atomic E-state index is 11.7. The molecule has 4 atom stereocenters. The van der Waals surface area contributed by atoms with E-state index in [0.717, 1.165) is 12.1 Å². The predicted molar refractivity (Wildman–Crippen MR) is 77.6 cm³/mol. The molecule has 10 nitrogen and oxygen atoms in total. The van der Waals surface area contributed by atoms with Crippen molar-refractivity contribution in [3.63, 3.8) is 0 Å². The lowest BCUT2D eigenvalue weighted by molar-refractivity contribution is -0.144. The number of amides is 1. The van der Waals surface area contributed by atoms with E-state index in [9.17, 15) is 28.5 Å². The molecular weight excluding hydrogens is 332 g/mol. The number of nitrogens with two attached hydrogens (primary N) is 1. The largest absolute Gasteiger partial charge is 0.394 e. The van der Waals surface area contributed by atoms with Crippen molar-refractivity contribution in [3.05, 3.63) is 24.3 Å². The Morgan fingerprint density at radius 1 is 1.09 bits per heavy atom. The summed E-state index contributed by atoms with van der Waals surface area (Å²) in [6, 6.07) is 4.65. The fourth-order valence-corrected chi connectivity index (χ4v) is 2.14. The Morgan fingerprint density at radius 2 is 1.61 bits per heavy atom. The fourth-order valence-electron chi connectivity index (χ4n) is 1.62. The molecule has 0 aliphatic heterocycles. The van der Waals surface area contributed by atoms with E-state index < -0.39 is 47.0 Å². The highest BCUT2D eigenvalue weighted by Crippen LogP contribution is 2.14. The molecule has 0 bridgehead atoms. The van der Waals surface area contributed by atoms with E-state index in [1.165, 1.54) is 12.1 Å². The van der Waals surface area contributed by atoms with Crippen molar-refractivity contribution in [1.29, 1.82) is 0 Å². The highest BCUT2D eigenvalue weighted by molar-refractivity contribution is 7.89. The summed E-state index contributed by atoms with van der Waals surface area (Å²) in [4.78, 5) is 11.5. The van der Waals surface area contributed by atoms with Crippen molar-refractivity contribution in [1.82, 2.24) is 0 Å². The third kappa shape index (κ3) is 5.21. The number of anilines is 1. The van der Waals surface area contributed by atoms with Gasteiger partial charge in [-0.1, -0.05) is 0 Å². The number of carbonyl (C=O) groups is 1. The van der Waals surface area contributed by atoms with Crippen LogP contribution in [-0.2, 0) is 14.8 Å². The van der Waals surface area contributed by atoms with Crippen LogP contribution in [0.3, 0.4) is 0 Å². The van der Waals surface area contributed by atoms with Crippen molar-refractivity contribution in [3.8, 4) is 0 Å². The molecule has 0 heterocycles. The van der Waals surface area contributed by atoms with Crippen molar-refractivity contribution in [2.75, 3.05) is 11.9 Å². The third-order valence-corrected chi connectivity index (χ3v) is 3.90. The van der Waals surface area contributed by atoms with Crippen molar-refractivity contribution in [2.45, 2.75) is 29.3 Å². The third-order valence-electron chi connectivity index (χ3n) is 2.97. The number of primary sulfonamides is 1. The van der Waals surface area contributed by atoms with E-state index in [1.807, 2.05) is 0 Å². The molecular formula is C12H18N2O8S. The first kappa shape index (κ1) is 19.4. The second kappa shape index (κ2) is 7.79. The molecule has 0 fully saturated rings. The standard InChI is InChI=1S/C12H18N2O8S/c13-23(21,22)7-3-1-6(2-4-7)14-12(20)11(19)10(18)9(17)8(16)5-15/h1-4,8-11,15-19H,5H2,(H,14,20)(H2,13,21,22). The molecule has 0 aromatic heterocycles. The van der Waals surface area contributed by atoms with Crippen LogP contribution in [0.5, 0.6) is 0 Å². The second-order valence-corrected chi connectivity index (χ2v) is 6.30. The van der Waals surface area contributed by atoms with Gasteiger partial charge in [0.2, 0.25) is 10.0 Å². The van der Waals surface area contributed by atoms with Gasteiger partial charge in [-0.05, 0) is 24.3 Å². The molecule has 130 valence electrons. The Kier molecular flexibility index (Phi) is 6.58. The van der Waals surface area contributed by atoms with Crippen LogP contribution < -0.4 is 10.5 Å². The van der Waals surface area contributed by atoms with Gasteiger partial charge in [0.15, 0.2) is 6.10 Å². The lowest BCUT2D eigenvalue weighted by Crippen LogP contribution is -2.50. The number of hydrogen-bond donors (Lipinski definition) is 7. The van der Waals surface area contributed by atoms with Crippen LogP contribution in [0.1, 0.15) is 0 Å². The van der Waals surface area contributed by atoms with Gasteiger partial charge in [0.25, 0.3) is 5.91 Å². The van der Waals surface area contributed by atoms with E-state index in [-0.39, 0.29) is 10.6 Å². The van der Waals surface area contributed by atoms with E-state index in [2.05, 4.69) is 5.32 Å². The first-order valence-electron chi connectivity index (χ1n) is 6.34. The topological polar surface area (TPSA) is 190 Å². The molecule has 0 spiro atoms. The van der Waals surface area contributed by atoms with Gasteiger partial charge in [0.1, 0.15) is 18.3 Å². The zero-order valence-corrected chi connectivity index (χ0v) is 12.6. The van der Waals surface area contributed by atoms with Gasteiger partial charge in [-0.3, -0.25) is 4.79 Å². The van der Waals surface area contributed by atoms with Crippen LogP contribution in [0, 0.1) is 0 Å². The monoisotopic (exact) mass is 350 g/mol. The number of nitrogens with one attached hydrogen (secondary N) is 1. The van der Waals surface area contributed by atoms with Crippen LogP contribution in [-0.4, -0.2) is 70.9 Å². The maximum atomic E-state index is 11.7. The van der Waals surface area contributed by atoms with Gasteiger partial charge in [-0.15, -0.1) is 0 Å². The lowest BCUT2D eigenvalue weighted by atomic mass is 10.0. The van der Waals surface area contributed by atoms with Crippen molar-refractivity contribution >= 4 is 21.6 Å². The van der Waals surface area contributed by atoms with E-state index in [1.54, 1.807) is 0 Å². The average molecular weight is 350 g/mol. The molecule has 23 heavy (non-hydrogen) atoms. The molecule has 4 unspecified atom stereocenters. The zero-order valence-electron chi connectivity index (χ0n) is 11.8. The van der Waals surface area contributed by atoms with E-state index in [4.69, 9.17) is 15.4 Å². The number of hydrogen-bond acceptors (Lipinski definition) is 8. The number of benzene rings is 1. The number of aliphatic hydroxyl groups excluding tert-OH is 5. The van der Waals surface area contributed by atoms with Crippen LogP contribution in [0.2, 0.25) is 0 Å². The summed E-state index contributed by atoms with van der Waals surface area (Å²) in [5.74, 6) is -1.11. The van der Waals surface area contributed by atoms with Gasteiger partial charge >= 0.3 is 0 Å². The van der Waals surface area contributed by atoms with E-state index >= 15 is 0 Å². The SMILES string of the molecule is NS(=O)(=O)c1ccc(NC(=O)C(O)C(O)C(O)C(O)CO)cc1. The van der Waals surface area contributed by atoms with Crippen LogP contribution in [0.4, 0.5) is 5.69 Å². The van der Waals surface area contributed by atoms with Crippen LogP contribution in [0.15, 0.2) is 29.2 Å². The molecule has 8 N–H and O–H groups in total. The van der Waals surface area contributed by atoms with Gasteiger partial charge in [-0.2, -0.15) is 0 Å². The highest BCUT2D eigenvalue weighted by atomic mass is 32.2. The van der Waals surface area contributed by atoms with Gasteiger partial charge < -0.3 is 30.8 Å². The van der Waals surface area contributed by atoms with Crippen LogP contribution >= 0.6 is 0 Å². The van der Waals surface area contributed by atoms with E-state index in [0.29, 0.717) is 0 Å². The molecule has 0 radical (unpaired) electrons. The number of sulfonamides is 1. The first-order valence-corrected chi connectivity index (χ1v) is 7.89. The first-order chi connectivity index (χ1) is 10.6. The maximum Gasteiger partial charge on any atom is 0.256 e. The minimum atomic E-state index is -3.89. The molecule has 1 amide bonds. The lowest BCUT2D eigenvalue weighted by Gasteiger charge is -2.24. The molecule has 0 aliphatic carbocycles. The summed E-state index contributed by atoms with van der Waals surface area (Å²) in [7, 11) is -3.89. The summed E-state index contributed by atoms with van der Waals surface area (Å²) < 4.78 is 22.2. The van der Waals surface area contributed by atoms with Crippen LogP contribution in [0.25, 0.3) is 0 Å². The Hall–Kier alpha value is -1.60. The number of aliphatic hydroxyl groups is 5. The Bertz CT molecular complexity index is 633. The molecule has 11 heteroatoms. The van der Waals surface area contributed by atoms with Gasteiger partial charge in [0.05, 0.1) is 11.5 Å². The van der Waals surface area contributed by atoms with Gasteiger partial charge in [-0.25, -0.2) is 13.6 Å². The Balaban J connectivity index is 2.75. The number of carbonyl (C=O) groups excluding carboxylic acids is 1. The summed E-state index contributed by atoms with van der Waals surface area (Å²) >= 11 is 0. The second-order valence-electron chi connectivity index (χ2n) is 4.73. The molecule has 0 saturated heterocycles. The minimum Gasteiger partial charge on any atom is -0.394 e. The Labute approximate surface area is 131 Å². The average Bonchev–Trinajstić information content (AvgIpc) is 2.51. The normalized spacial score (nSPS) is 17.1. The molecule has 0 aliphatic rings. The minimum absolute atomic E-state index is 0.103. The predicted octanol–water partition coefficient (Wildman–Crippen LogP) is -3.29. The molecule has 1 aromatic carbocycles. The molecule has 0 saturated carbocycles. The smallest absolute Gasteiger partial charge is 0.256 e. The van der Waals surface area contributed by atoms with Crippen molar-refractivity contribution in [2.24, 2.45) is 5.14 Å². The summed E-state index contributed by atoms with van der Waals surface area (Å²) in [6.07, 6.45) is -7.81. The van der Waals surface area contributed by atoms with Crippen molar-refractivity contribution < 1.29 is 38.7 Å². The quantitative estimate of drug-likeness (QED) is 0.266. The molecule has 1 aromatic rings. The zero-order chi connectivity index (χ0) is 17.8. The summed E-state index contributed by atoms with van der Waals surface area (Å²) in [5.41, 5.74) is 0.103. The Morgan fingerprint density at radius 3 is 2.04 bits per heavy atom.